The number of H-pyrrole nitrogens is 1. The summed E-state index contributed by atoms with van der Waals surface area (Å²) in [7, 11) is 0. The molecule has 4 rings (SSSR count). The molecule has 0 aliphatic carbocycles. The van der Waals surface area contributed by atoms with Gasteiger partial charge in [-0.2, -0.15) is 10.2 Å². The lowest BCUT2D eigenvalue weighted by Gasteiger charge is -2.08. The van der Waals surface area contributed by atoms with Crippen molar-refractivity contribution in [3.05, 3.63) is 63.9 Å². The van der Waals surface area contributed by atoms with E-state index in [1.165, 1.54) is 12.5 Å². The Bertz CT molecular complexity index is 1120. The number of carbonyl (C=O) groups excluding carboxylic acids is 1. The van der Waals surface area contributed by atoms with E-state index in [1.807, 2.05) is 6.92 Å². The summed E-state index contributed by atoms with van der Waals surface area (Å²) in [6.07, 6.45) is 2.86. The number of nitrogens with zero attached hydrogens (tertiary/aromatic N) is 5. The largest absolute Gasteiger partial charge is 0.322 e. The number of carbonyl (C=O) groups is 1. The van der Waals surface area contributed by atoms with Crippen molar-refractivity contribution >= 4 is 45.8 Å². The number of hydrogen-bond acceptors (Lipinski definition) is 5. The van der Waals surface area contributed by atoms with Crippen LogP contribution in [0.1, 0.15) is 21.9 Å². The predicted octanol–water partition coefficient (Wildman–Crippen LogP) is 3.47. The van der Waals surface area contributed by atoms with Crippen LogP contribution in [-0.4, -0.2) is 35.9 Å². The highest BCUT2D eigenvalue weighted by molar-refractivity contribution is 6.39. The van der Waals surface area contributed by atoms with Gasteiger partial charge in [0.05, 0.1) is 21.7 Å². The van der Waals surface area contributed by atoms with Crippen LogP contribution in [0.5, 0.6) is 0 Å². The molecular formula is C17H13Cl2N7O. The van der Waals surface area contributed by atoms with Gasteiger partial charge in [0, 0.05) is 16.9 Å². The monoisotopic (exact) mass is 401 g/mol. The number of aryl methyl sites for hydroxylation is 1. The van der Waals surface area contributed by atoms with Crippen molar-refractivity contribution in [3.63, 3.8) is 0 Å². The van der Waals surface area contributed by atoms with Gasteiger partial charge in [0.25, 0.3) is 5.91 Å². The van der Waals surface area contributed by atoms with Gasteiger partial charge in [0.2, 0.25) is 0 Å². The summed E-state index contributed by atoms with van der Waals surface area (Å²) in [5, 5.41) is 15.3. The van der Waals surface area contributed by atoms with Crippen LogP contribution in [0.15, 0.2) is 36.8 Å². The number of pyridine rings is 1. The van der Waals surface area contributed by atoms with Crippen molar-refractivity contribution < 1.29 is 4.79 Å². The maximum absolute atomic E-state index is 12.6. The first-order chi connectivity index (χ1) is 13.0. The molecule has 0 atom stereocenters. The van der Waals surface area contributed by atoms with Crippen molar-refractivity contribution in [1.29, 1.82) is 0 Å². The summed E-state index contributed by atoms with van der Waals surface area (Å²) in [6, 6.07) is 6.80. The lowest BCUT2D eigenvalue weighted by Crippen LogP contribution is -2.13. The predicted molar refractivity (Wildman–Crippen MR) is 102 cm³/mol. The van der Waals surface area contributed by atoms with Crippen molar-refractivity contribution in [3.8, 4) is 0 Å². The zero-order valence-electron chi connectivity index (χ0n) is 14.1. The van der Waals surface area contributed by atoms with E-state index in [2.05, 4.69) is 30.6 Å². The van der Waals surface area contributed by atoms with Crippen LogP contribution in [0.4, 0.5) is 5.69 Å². The van der Waals surface area contributed by atoms with E-state index in [9.17, 15) is 4.79 Å². The van der Waals surface area contributed by atoms with Crippen molar-refractivity contribution in [2.24, 2.45) is 0 Å². The molecule has 3 aromatic heterocycles. The van der Waals surface area contributed by atoms with E-state index in [1.54, 1.807) is 28.9 Å². The van der Waals surface area contributed by atoms with Crippen LogP contribution < -0.4 is 5.32 Å². The molecule has 0 aliphatic rings. The number of amides is 1. The van der Waals surface area contributed by atoms with Gasteiger partial charge in [0.1, 0.15) is 18.7 Å². The second-order valence-electron chi connectivity index (χ2n) is 5.82. The maximum atomic E-state index is 12.6. The molecule has 0 radical (unpaired) electrons. The molecule has 27 heavy (non-hydrogen) atoms. The zero-order valence-corrected chi connectivity index (χ0v) is 15.6. The Labute approximate surface area is 163 Å². The summed E-state index contributed by atoms with van der Waals surface area (Å²) in [6.45, 7) is 2.18. The fourth-order valence-electron chi connectivity index (χ4n) is 2.72. The van der Waals surface area contributed by atoms with Crippen LogP contribution in [0.2, 0.25) is 10.0 Å². The molecule has 0 aliphatic heterocycles. The van der Waals surface area contributed by atoms with E-state index >= 15 is 0 Å². The van der Waals surface area contributed by atoms with Gasteiger partial charge in [-0.25, -0.2) is 14.6 Å². The quantitative estimate of drug-likeness (QED) is 0.544. The smallest absolute Gasteiger partial charge is 0.258 e. The Morgan fingerprint density at radius 1 is 1.22 bits per heavy atom. The number of rotatable bonds is 4. The zero-order chi connectivity index (χ0) is 19.0. The van der Waals surface area contributed by atoms with Gasteiger partial charge in [-0.3, -0.25) is 9.89 Å². The fourth-order valence-corrected chi connectivity index (χ4v) is 3.21. The van der Waals surface area contributed by atoms with Gasteiger partial charge in [-0.15, -0.1) is 0 Å². The highest BCUT2D eigenvalue weighted by Crippen LogP contribution is 2.29. The van der Waals surface area contributed by atoms with Crippen LogP contribution in [0.3, 0.4) is 0 Å². The molecular weight excluding hydrogens is 389 g/mol. The Kier molecular flexibility index (Phi) is 4.51. The molecule has 0 spiro atoms. The molecule has 0 fully saturated rings. The summed E-state index contributed by atoms with van der Waals surface area (Å²) < 4.78 is 1.66. The third-order valence-corrected chi connectivity index (χ3v) is 4.63. The number of halogens is 2. The lowest BCUT2D eigenvalue weighted by atomic mass is 10.2. The van der Waals surface area contributed by atoms with Gasteiger partial charge in [-0.05, 0) is 31.2 Å². The fraction of sp³-hybridized carbons (Fsp3) is 0.118. The Hall–Kier alpha value is -2.97. The second-order valence-corrected chi connectivity index (χ2v) is 6.64. The Morgan fingerprint density at radius 3 is 2.70 bits per heavy atom. The van der Waals surface area contributed by atoms with Gasteiger partial charge in [-0.1, -0.05) is 23.2 Å². The molecule has 10 heteroatoms. The molecule has 0 saturated carbocycles. The highest BCUT2D eigenvalue weighted by atomic mass is 35.5. The minimum atomic E-state index is -0.362. The molecule has 0 bridgehead atoms. The first kappa shape index (κ1) is 17.4. The Balaban J connectivity index is 1.68. The lowest BCUT2D eigenvalue weighted by molar-refractivity contribution is 0.102. The average Bonchev–Trinajstić information content (AvgIpc) is 3.26. The SMILES string of the molecule is Cc1nn(Cc2ncn[nH]2)c2ncc(C(=O)Nc3ccc(Cl)cc3)c(Cl)c12. The van der Waals surface area contributed by atoms with E-state index in [0.717, 1.165) is 0 Å². The number of fused-ring (bicyclic) bond motifs is 1. The van der Waals surface area contributed by atoms with E-state index < -0.39 is 0 Å². The van der Waals surface area contributed by atoms with E-state index in [4.69, 9.17) is 23.2 Å². The molecule has 4 aromatic rings. The Morgan fingerprint density at radius 2 is 2.00 bits per heavy atom. The topological polar surface area (TPSA) is 101 Å². The van der Waals surface area contributed by atoms with E-state index in [-0.39, 0.29) is 11.5 Å². The average molecular weight is 402 g/mol. The van der Waals surface area contributed by atoms with Gasteiger partial charge >= 0.3 is 0 Å². The molecule has 136 valence electrons. The summed E-state index contributed by atoms with van der Waals surface area (Å²) in [5.74, 6) is 0.279. The molecule has 8 nitrogen and oxygen atoms in total. The number of benzene rings is 1. The third-order valence-electron chi connectivity index (χ3n) is 3.98. The van der Waals surface area contributed by atoms with Crippen LogP contribution in [0.25, 0.3) is 11.0 Å². The van der Waals surface area contributed by atoms with Crippen LogP contribution in [0, 0.1) is 6.92 Å². The first-order valence-electron chi connectivity index (χ1n) is 7.95. The number of aromatic amines is 1. The molecule has 0 saturated heterocycles. The highest BCUT2D eigenvalue weighted by Gasteiger charge is 2.20. The minimum Gasteiger partial charge on any atom is -0.322 e. The normalized spacial score (nSPS) is 11.1. The van der Waals surface area contributed by atoms with E-state index in [0.29, 0.717) is 44.8 Å². The van der Waals surface area contributed by atoms with Crippen LogP contribution in [-0.2, 0) is 6.54 Å². The summed E-state index contributed by atoms with van der Waals surface area (Å²) in [4.78, 5) is 21.1. The molecule has 2 N–H and O–H groups in total. The van der Waals surface area contributed by atoms with Gasteiger partial charge < -0.3 is 5.32 Å². The molecule has 0 unspecified atom stereocenters. The maximum Gasteiger partial charge on any atom is 0.258 e. The number of nitrogens with one attached hydrogen (secondary N) is 2. The first-order valence-corrected chi connectivity index (χ1v) is 8.71. The number of aromatic nitrogens is 6. The molecule has 1 aromatic carbocycles. The second kappa shape index (κ2) is 6.98. The van der Waals surface area contributed by atoms with Crippen LogP contribution >= 0.6 is 23.2 Å². The number of hydrogen-bond donors (Lipinski definition) is 2. The summed E-state index contributed by atoms with van der Waals surface area (Å²) >= 11 is 12.4. The van der Waals surface area contributed by atoms with Crippen molar-refractivity contribution in [1.82, 2.24) is 29.9 Å². The van der Waals surface area contributed by atoms with Crippen molar-refractivity contribution in [2.75, 3.05) is 5.32 Å². The number of anilines is 1. The van der Waals surface area contributed by atoms with Gasteiger partial charge in [0.15, 0.2) is 5.65 Å². The molecule has 1 amide bonds. The standard InChI is InChI=1S/C17H13Cl2N7O/c1-9-14-15(19)12(17(27)23-11-4-2-10(18)3-5-11)6-20-16(14)26(25-9)7-13-21-8-22-24-13/h2-6,8H,7H2,1H3,(H,23,27)(H,21,22,24). The minimum absolute atomic E-state index is 0.265. The molecule has 3 heterocycles. The van der Waals surface area contributed by atoms with Crippen molar-refractivity contribution in [2.45, 2.75) is 13.5 Å². The third kappa shape index (κ3) is 3.36. The summed E-state index contributed by atoms with van der Waals surface area (Å²) in [5.41, 5.74) is 2.11.